The van der Waals surface area contributed by atoms with Crippen LogP contribution in [0.3, 0.4) is 0 Å². The zero-order valence-electron chi connectivity index (χ0n) is 14.3. The zero-order valence-corrected chi connectivity index (χ0v) is 14.3. The molecule has 3 heterocycles. The maximum Gasteiger partial charge on any atom is 0.417 e. The summed E-state index contributed by atoms with van der Waals surface area (Å²) in [4.78, 5) is 3.58. The number of fused-ring (bicyclic) bond motifs is 3. The van der Waals surface area contributed by atoms with Crippen molar-refractivity contribution in [1.29, 1.82) is 0 Å². The standard InChI is InChI=1S/C18H16F4N4O/c1-9-4-11(7-24-16(9)19)25-10-5-12-14-8-23-2-3-26(14)17(27)15(12)13(6-10)18(20,21)22/h4-7,23,25,27H,2-3,8H2,1H3. The lowest BCUT2D eigenvalue weighted by Gasteiger charge is -2.17. The zero-order chi connectivity index (χ0) is 19.3. The smallest absolute Gasteiger partial charge is 0.417 e. The van der Waals surface area contributed by atoms with Crippen LogP contribution in [-0.4, -0.2) is 21.2 Å². The van der Waals surface area contributed by atoms with Gasteiger partial charge in [-0.2, -0.15) is 17.6 Å². The third kappa shape index (κ3) is 2.97. The fourth-order valence-electron chi connectivity index (χ4n) is 3.44. The van der Waals surface area contributed by atoms with Gasteiger partial charge in [-0.3, -0.25) is 0 Å². The first-order valence-corrected chi connectivity index (χ1v) is 8.31. The molecule has 0 saturated heterocycles. The lowest BCUT2D eigenvalue weighted by atomic mass is 10.0. The summed E-state index contributed by atoms with van der Waals surface area (Å²) in [5.74, 6) is -1.01. The van der Waals surface area contributed by atoms with Crippen molar-refractivity contribution in [2.45, 2.75) is 26.2 Å². The molecule has 0 unspecified atom stereocenters. The molecule has 5 nitrogen and oxygen atoms in total. The molecule has 1 aromatic carbocycles. The van der Waals surface area contributed by atoms with E-state index < -0.39 is 17.7 Å². The molecule has 1 aliphatic heterocycles. The van der Waals surface area contributed by atoms with Crippen LogP contribution in [0, 0.1) is 12.9 Å². The van der Waals surface area contributed by atoms with E-state index in [0.29, 0.717) is 36.4 Å². The van der Waals surface area contributed by atoms with Crippen molar-refractivity contribution < 1.29 is 22.7 Å². The van der Waals surface area contributed by atoms with Crippen LogP contribution in [0.1, 0.15) is 16.8 Å². The predicted molar refractivity (Wildman–Crippen MR) is 92.5 cm³/mol. The van der Waals surface area contributed by atoms with Crippen LogP contribution >= 0.6 is 0 Å². The first kappa shape index (κ1) is 17.6. The molecule has 0 atom stereocenters. The minimum absolute atomic E-state index is 0.182. The van der Waals surface area contributed by atoms with Crippen LogP contribution in [-0.2, 0) is 19.3 Å². The van der Waals surface area contributed by atoms with Crippen LogP contribution in [0.25, 0.3) is 10.8 Å². The van der Waals surface area contributed by atoms with Gasteiger partial charge in [-0.1, -0.05) is 0 Å². The SMILES string of the molecule is Cc1cc(Nc2cc(C(F)(F)F)c3c(O)n4c(c3c2)CNCC4)cnc1F. The van der Waals surface area contributed by atoms with Crippen molar-refractivity contribution in [3.05, 3.63) is 47.2 Å². The van der Waals surface area contributed by atoms with Gasteiger partial charge < -0.3 is 20.3 Å². The summed E-state index contributed by atoms with van der Waals surface area (Å²) in [5, 5.41) is 16.5. The number of aromatic nitrogens is 2. The summed E-state index contributed by atoms with van der Waals surface area (Å²) in [6.07, 6.45) is -3.43. The highest BCUT2D eigenvalue weighted by atomic mass is 19.4. The monoisotopic (exact) mass is 380 g/mol. The molecule has 27 heavy (non-hydrogen) atoms. The summed E-state index contributed by atoms with van der Waals surface area (Å²) < 4.78 is 55.9. The molecular formula is C18H16F4N4O. The molecule has 0 radical (unpaired) electrons. The maximum atomic E-state index is 13.7. The van der Waals surface area contributed by atoms with E-state index in [1.165, 1.54) is 23.8 Å². The molecule has 2 aromatic heterocycles. The van der Waals surface area contributed by atoms with Gasteiger partial charge in [0, 0.05) is 42.0 Å². The second-order valence-corrected chi connectivity index (χ2v) is 6.50. The number of anilines is 2. The van der Waals surface area contributed by atoms with Crippen molar-refractivity contribution in [3.8, 4) is 5.88 Å². The number of halogens is 4. The Morgan fingerprint density at radius 2 is 2.00 bits per heavy atom. The highest BCUT2D eigenvalue weighted by Crippen LogP contribution is 2.44. The molecule has 0 amide bonds. The minimum Gasteiger partial charge on any atom is -0.494 e. The van der Waals surface area contributed by atoms with E-state index in [1.54, 1.807) is 6.07 Å². The van der Waals surface area contributed by atoms with Crippen molar-refractivity contribution in [1.82, 2.24) is 14.9 Å². The Morgan fingerprint density at radius 3 is 2.70 bits per heavy atom. The highest BCUT2D eigenvalue weighted by Gasteiger charge is 2.36. The number of benzene rings is 1. The van der Waals surface area contributed by atoms with Gasteiger partial charge in [0.2, 0.25) is 5.95 Å². The van der Waals surface area contributed by atoms with Gasteiger partial charge in [0.05, 0.1) is 22.8 Å². The number of pyridine rings is 1. The van der Waals surface area contributed by atoms with Gasteiger partial charge in [0.25, 0.3) is 0 Å². The number of nitrogens with zero attached hydrogens (tertiary/aromatic N) is 2. The minimum atomic E-state index is -4.64. The molecule has 0 spiro atoms. The maximum absolute atomic E-state index is 13.7. The molecule has 1 aliphatic rings. The van der Waals surface area contributed by atoms with Crippen LogP contribution in [0.4, 0.5) is 28.9 Å². The third-order valence-corrected chi connectivity index (χ3v) is 4.67. The summed E-state index contributed by atoms with van der Waals surface area (Å²) in [5.41, 5.74) is 0.503. The number of rotatable bonds is 2. The Bertz CT molecular complexity index is 1040. The van der Waals surface area contributed by atoms with E-state index in [4.69, 9.17) is 0 Å². The normalized spacial score (nSPS) is 14.4. The molecule has 9 heteroatoms. The van der Waals surface area contributed by atoms with Crippen LogP contribution in [0.5, 0.6) is 5.88 Å². The van der Waals surface area contributed by atoms with E-state index in [-0.39, 0.29) is 22.5 Å². The van der Waals surface area contributed by atoms with E-state index in [0.717, 1.165) is 6.07 Å². The number of aromatic hydroxyl groups is 1. The van der Waals surface area contributed by atoms with Crippen molar-refractivity contribution in [2.75, 3.05) is 11.9 Å². The average Bonchev–Trinajstić information content (AvgIpc) is 2.90. The first-order valence-electron chi connectivity index (χ1n) is 8.31. The van der Waals surface area contributed by atoms with Gasteiger partial charge in [0.15, 0.2) is 5.88 Å². The Hall–Kier alpha value is -2.81. The number of alkyl halides is 3. The lowest BCUT2D eigenvalue weighted by molar-refractivity contribution is -0.136. The summed E-state index contributed by atoms with van der Waals surface area (Å²) in [7, 11) is 0. The molecule has 4 rings (SSSR count). The second-order valence-electron chi connectivity index (χ2n) is 6.50. The number of hydrogen-bond donors (Lipinski definition) is 3. The Balaban J connectivity index is 1.90. The predicted octanol–water partition coefficient (Wildman–Crippen LogP) is 4.06. The Labute approximate surface area is 151 Å². The number of aryl methyl sites for hydroxylation is 1. The van der Waals surface area contributed by atoms with Crippen LogP contribution in [0.2, 0.25) is 0 Å². The Morgan fingerprint density at radius 1 is 1.22 bits per heavy atom. The third-order valence-electron chi connectivity index (χ3n) is 4.67. The van der Waals surface area contributed by atoms with Gasteiger partial charge in [-0.25, -0.2) is 4.98 Å². The number of nitrogens with one attached hydrogen (secondary N) is 2. The average molecular weight is 380 g/mol. The van der Waals surface area contributed by atoms with Crippen molar-refractivity contribution in [3.63, 3.8) is 0 Å². The second kappa shape index (κ2) is 6.12. The molecule has 0 aliphatic carbocycles. The molecule has 3 aromatic rings. The van der Waals surface area contributed by atoms with Gasteiger partial charge in [-0.15, -0.1) is 0 Å². The molecule has 3 N–H and O–H groups in total. The van der Waals surface area contributed by atoms with Crippen molar-refractivity contribution in [2.24, 2.45) is 0 Å². The molecular weight excluding hydrogens is 364 g/mol. The van der Waals surface area contributed by atoms with E-state index in [9.17, 15) is 22.7 Å². The van der Waals surface area contributed by atoms with E-state index >= 15 is 0 Å². The lowest BCUT2D eigenvalue weighted by Crippen LogP contribution is -2.27. The van der Waals surface area contributed by atoms with E-state index in [2.05, 4.69) is 15.6 Å². The fraction of sp³-hybridized carbons (Fsp3) is 0.278. The summed E-state index contributed by atoms with van der Waals surface area (Å²) in [6, 6.07) is 3.97. The topological polar surface area (TPSA) is 62.1 Å². The van der Waals surface area contributed by atoms with Gasteiger partial charge in [0.1, 0.15) is 0 Å². The summed E-state index contributed by atoms with van der Waals surface area (Å²) in [6.45, 7) is 2.83. The molecule has 0 fully saturated rings. The molecule has 142 valence electrons. The molecule has 0 bridgehead atoms. The van der Waals surface area contributed by atoms with Crippen LogP contribution < -0.4 is 10.6 Å². The fourth-order valence-corrected chi connectivity index (χ4v) is 3.44. The Kier molecular flexibility index (Phi) is 3.99. The molecule has 0 saturated carbocycles. The van der Waals surface area contributed by atoms with Gasteiger partial charge in [-0.05, 0) is 25.1 Å². The summed E-state index contributed by atoms with van der Waals surface area (Å²) >= 11 is 0. The van der Waals surface area contributed by atoms with E-state index in [1.807, 2.05) is 0 Å². The van der Waals surface area contributed by atoms with Gasteiger partial charge >= 0.3 is 6.18 Å². The first-order chi connectivity index (χ1) is 12.8. The quantitative estimate of drug-likeness (QED) is 0.464. The number of hydrogen-bond acceptors (Lipinski definition) is 4. The van der Waals surface area contributed by atoms with Crippen molar-refractivity contribution >= 4 is 22.1 Å². The highest BCUT2D eigenvalue weighted by molar-refractivity contribution is 5.97. The largest absolute Gasteiger partial charge is 0.494 e. The van der Waals surface area contributed by atoms with Crippen LogP contribution in [0.15, 0.2) is 24.4 Å².